The van der Waals surface area contributed by atoms with E-state index in [-0.39, 0.29) is 18.2 Å². The third kappa shape index (κ3) is 2.82. The standard InChI is InChI=1S/C17H20INO2/c1-2-3-4-5-10-15(18)19-16-13-9-7-6-8-12(13)11-14(16)21-17(19)20/h6-10,14,16H,2-5,11H2,1H3/b15-10-/t14-,16+/m1/s1. The Labute approximate surface area is 139 Å². The molecule has 0 spiro atoms. The van der Waals surface area contributed by atoms with E-state index in [4.69, 9.17) is 4.74 Å². The van der Waals surface area contributed by atoms with E-state index in [1.807, 2.05) is 11.0 Å². The Morgan fingerprint density at radius 1 is 1.43 bits per heavy atom. The molecular weight excluding hydrogens is 377 g/mol. The van der Waals surface area contributed by atoms with Gasteiger partial charge in [-0.3, -0.25) is 4.90 Å². The van der Waals surface area contributed by atoms with Gasteiger partial charge in [0.25, 0.3) is 0 Å². The van der Waals surface area contributed by atoms with Crippen molar-refractivity contribution in [1.29, 1.82) is 0 Å². The third-order valence-electron chi connectivity index (χ3n) is 4.22. The van der Waals surface area contributed by atoms with Crippen LogP contribution in [0.5, 0.6) is 0 Å². The number of nitrogens with zero attached hydrogens (tertiary/aromatic N) is 1. The smallest absolute Gasteiger partial charge is 0.415 e. The van der Waals surface area contributed by atoms with E-state index in [0.717, 1.165) is 16.5 Å². The SMILES string of the molecule is CCCCC/C=C(/I)N1C(=O)O[C@@H]2Cc3ccccc3[C@@H]21. The molecule has 1 heterocycles. The molecule has 21 heavy (non-hydrogen) atoms. The molecule has 0 radical (unpaired) electrons. The van der Waals surface area contributed by atoms with Crippen molar-refractivity contribution in [2.75, 3.05) is 0 Å². The summed E-state index contributed by atoms with van der Waals surface area (Å²) in [5.74, 6) is 0. The van der Waals surface area contributed by atoms with Crippen LogP contribution in [0.3, 0.4) is 0 Å². The van der Waals surface area contributed by atoms with Crippen molar-refractivity contribution in [2.45, 2.75) is 51.2 Å². The minimum Gasteiger partial charge on any atom is -0.443 e. The molecule has 1 aliphatic heterocycles. The Hall–Kier alpha value is -1.04. The molecule has 1 aliphatic carbocycles. The lowest BCUT2D eigenvalue weighted by atomic mass is 10.1. The molecule has 0 aromatic heterocycles. The van der Waals surface area contributed by atoms with Gasteiger partial charge >= 0.3 is 6.09 Å². The number of amides is 1. The van der Waals surface area contributed by atoms with Crippen LogP contribution in [0.25, 0.3) is 0 Å². The van der Waals surface area contributed by atoms with Gasteiger partial charge in [0.05, 0.1) is 3.70 Å². The Morgan fingerprint density at radius 2 is 2.24 bits per heavy atom. The van der Waals surface area contributed by atoms with Crippen LogP contribution < -0.4 is 0 Å². The van der Waals surface area contributed by atoms with E-state index in [1.165, 1.54) is 30.4 Å². The second-order valence-electron chi connectivity index (χ2n) is 5.66. The fraction of sp³-hybridized carbons (Fsp3) is 0.471. The molecule has 1 amide bonds. The van der Waals surface area contributed by atoms with Crippen molar-refractivity contribution < 1.29 is 9.53 Å². The summed E-state index contributed by atoms with van der Waals surface area (Å²) in [6.07, 6.45) is 7.43. The molecule has 1 fully saturated rings. The highest BCUT2D eigenvalue weighted by Gasteiger charge is 2.48. The minimum atomic E-state index is -0.198. The highest BCUT2D eigenvalue weighted by atomic mass is 127. The van der Waals surface area contributed by atoms with Gasteiger partial charge in [-0.1, -0.05) is 50.1 Å². The highest BCUT2D eigenvalue weighted by Crippen LogP contribution is 2.45. The number of benzene rings is 1. The monoisotopic (exact) mass is 397 g/mol. The predicted octanol–water partition coefficient (Wildman–Crippen LogP) is 4.96. The average molecular weight is 397 g/mol. The first-order valence-corrected chi connectivity index (χ1v) is 8.73. The maximum atomic E-state index is 12.2. The second-order valence-corrected chi connectivity index (χ2v) is 6.77. The van der Waals surface area contributed by atoms with E-state index in [1.54, 1.807) is 0 Å². The van der Waals surface area contributed by atoms with Gasteiger partial charge in [0, 0.05) is 6.42 Å². The summed E-state index contributed by atoms with van der Waals surface area (Å²) in [4.78, 5) is 14.0. The van der Waals surface area contributed by atoms with Crippen LogP contribution in [0.2, 0.25) is 0 Å². The van der Waals surface area contributed by atoms with Crippen molar-refractivity contribution in [2.24, 2.45) is 0 Å². The maximum absolute atomic E-state index is 12.2. The van der Waals surface area contributed by atoms with Crippen LogP contribution in [-0.2, 0) is 11.2 Å². The van der Waals surface area contributed by atoms with Crippen molar-refractivity contribution in [1.82, 2.24) is 4.90 Å². The number of hydrogen-bond acceptors (Lipinski definition) is 2. The summed E-state index contributed by atoms with van der Waals surface area (Å²) in [6, 6.07) is 8.41. The fourth-order valence-corrected chi connectivity index (χ4v) is 3.99. The first kappa shape index (κ1) is 14.9. The molecule has 1 aromatic carbocycles. The summed E-state index contributed by atoms with van der Waals surface area (Å²) >= 11 is 2.27. The molecule has 0 bridgehead atoms. The predicted molar refractivity (Wildman–Crippen MR) is 91.2 cm³/mol. The topological polar surface area (TPSA) is 29.5 Å². The number of hydrogen-bond donors (Lipinski definition) is 0. The number of allylic oxidation sites excluding steroid dienone is 1. The maximum Gasteiger partial charge on any atom is 0.415 e. The molecule has 112 valence electrons. The Balaban J connectivity index is 1.80. The lowest BCUT2D eigenvalue weighted by molar-refractivity contribution is 0.134. The molecule has 1 aromatic rings. The van der Waals surface area contributed by atoms with Crippen molar-refractivity contribution in [3.63, 3.8) is 0 Å². The molecule has 0 N–H and O–H groups in total. The first-order chi connectivity index (χ1) is 10.2. The van der Waals surface area contributed by atoms with Crippen LogP contribution in [0, 0.1) is 0 Å². The van der Waals surface area contributed by atoms with Gasteiger partial charge in [-0.05, 0) is 46.6 Å². The number of carbonyl (C=O) groups is 1. The molecule has 4 heteroatoms. The van der Waals surface area contributed by atoms with Crippen molar-refractivity contribution >= 4 is 28.7 Å². The molecular formula is C17H20INO2. The van der Waals surface area contributed by atoms with Gasteiger partial charge in [0.2, 0.25) is 0 Å². The van der Waals surface area contributed by atoms with E-state index in [2.05, 4.69) is 53.8 Å². The summed E-state index contributed by atoms with van der Waals surface area (Å²) in [7, 11) is 0. The van der Waals surface area contributed by atoms with E-state index >= 15 is 0 Å². The second kappa shape index (κ2) is 6.38. The Morgan fingerprint density at radius 3 is 3.05 bits per heavy atom. The van der Waals surface area contributed by atoms with Crippen molar-refractivity contribution in [3.8, 4) is 0 Å². The normalized spacial score (nSPS) is 24.0. The number of ether oxygens (including phenoxy) is 1. The zero-order valence-corrected chi connectivity index (χ0v) is 14.4. The van der Waals surface area contributed by atoms with Crippen LogP contribution in [0.4, 0.5) is 4.79 Å². The van der Waals surface area contributed by atoms with E-state index in [9.17, 15) is 4.79 Å². The van der Waals surface area contributed by atoms with Gasteiger partial charge in [0.15, 0.2) is 0 Å². The van der Waals surface area contributed by atoms with Gasteiger partial charge in [0.1, 0.15) is 12.1 Å². The summed E-state index contributed by atoms with van der Waals surface area (Å²) in [5.41, 5.74) is 2.55. The van der Waals surface area contributed by atoms with Gasteiger partial charge in [-0.15, -0.1) is 0 Å². The Kier molecular flexibility index (Phi) is 4.52. The largest absolute Gasteiger partial charge is 0.443 e. The number of carbonyl (C=O) groups excluding carboxylic acids is 1. The lowest BCUT2D eigenvalue weighted by Crippen LogP contribution is -2.25. The van der Waals surface area contributed by atoms with Crippen LogP contribution in [0.1, 0.15) is 49.8 Å². The number of halogens is 1. The van der Waals surface area contributed by atoms with Crippen molar-refractivity contribution in [3.05, 3.63) is 45.2 Å². The number of rotatable bonds is 5. The van der Waals surface area contributed by atoms with Crippen LogP contribution >= 0.6 is 22.6 Å². The summed E-state index contributed by atoms with van der Waals surface area (Å²) in [6.45, 7) is 2.20. The van der Waals surface area contributed by atoms with Crippen LogP contribution in [-0.4, -0.2) is 17.1 Å². The molecule has 2 atom stereocenters. The highest BCUT2D eigenvalue weighted by molar-refractivity contribution is 14.1. The average Bonchev–Trinajstić information content (AvgIpc) is 2.97. The number of unbranched alkanes of at least 4 members (excludes halogenated alkanes) is 3. The van der Waals surface area contributed by atoms with Gasteiger partial charge in [-0.25, -0.2) is 4.79 Å². The minimum absolute atomic E-state index is 0.0243. The number of fused-ring (bicyclic) bond motifs is 3. The fourth-order valence-electron chi connectivity index (χ4n) is 3.18. The van der Waals surface area contributed by atoms with Gasteiger partial charge < -0.3 is 4.74 Å². The van der Waals surface area contributed by atoms with E-state index < -0.39 is 0 Å². The Bertz CT molecular complexity index is 570. The summed E-state index contributed by atoms with van der Waals surface area (Å²) in [5, 5.41) is 0. The molecule has 3 nitrogen and oxygen atoms in total. The third-order valence-corrected chi connectivity index (χ3v) is 5.18. The first-order valence-electron chi connectivity index (χ1n) is 7.65. The molecule has 1 saturated heterocycles. The molecule has 0 saturated carbocycles. The quantitative estimate of drug-likeness (QED) is 0.399. The lowest BCUT2D eigenvalue weighted by Gasteiger charge is -2.21. The van der Waals surface area contributed by atoms with Crippen LogP contribution in [0.15, 0.2) is 34.0 Å². The van der Waals surface area contributed by atoms with Gasteiger partial charge in [-0.2, -0.15) is 0 Å². The molecule has 2 aliphatic rings. The summed E-state index contributed by atoms with van der Waals surface area (Å²) < 4.78 is 6.57. The zero-order chi connectivity index (χ0) is 14.8. The zero-order valence-electron chi connectivity index (χ0n) is 12.2. The van der Waals surface area contributed by atoms with E-state index in [0.29, 0.717) is 0 Å². The molecule has 3 rings (SSSR count). The molecule has 0 unspecified atom stereocenters.